The van der Waals surface area contributed by atoms with Crippen molar-refractivity contribution in [2.75, 3.05) is 0 Å². The number of carbonyl (C=O) groups is 1. The van der Waals surface area contributed by atoms with Crippen molar-refractivity contribution in [2.45, 2.75) is 17.6 Å². The van der Waals surface area contributed by atoms with Crippen molar-refractivity contribution in [1.82, 2.24) is 0 Å². The van der Waals surface area contributed by atoms with Crippen LogP contribution < -0.4 is 0 Å². The highest BCUT2D eigenvalue weighted by atomic mass is 35.5. The Morgan fingerprint density at radius 1 is 1.21 bits per heavy atom. The Balaban J connectivity index is 2.04. The third kappa shape index (κ3) is 3.82. The molecule has 1 nitrogen and oxygen atoms in total. The van der Waals surface area contributed by atoms with Gasteiger partial charge in [0, 0.05) is 21.2 Å². The number of ketones is 1. The largest absolute Gasteiger partial charge is 0.295 e. The van der Waals surface area contributed by atoms with Crippen LogP contribution in [0.5, 0.6) is 0 Å². The van der Waals surface area contributed by atoms with Crippen LogP contribution in [0.2, 0.25) is 5.02 Å². The van der Waals surface area contributed by atoms with Gasteiger partial charge in [0.15, 0.2) is 5.78 Å². The van der Waals surface area contributed by atoms with Crippen molar-refractivity contribution in [3.8, 4) is 0 Å². The molecule has 0 saturated heterocycles. The zero-order valence-corrected chi connectivity index (χ0v) is 11.9. The standard InChI is InChI=1S/C15H12ClFOS/c1-10(18)11-3-6-14(7-4-11)19-9-12-2-5-13(16)8-15(12)17/h2-8H,9H2,1H3. The minimum Gasteiger partial charge on any atom is -0.295 e. The highest BCUT2D eigenvalue weighted by Crippen LogP contribution is 2.25. The van der Waals surface area contributed by atoms with Crippen LogP contribution in [0.3, 0.4) is 0 Å². The Labute approximate surface area is 120 Å². The van der Waals surface area contributed by atoms with Crippen LogP contribution in [0.25, 0.3) is 0 Å². The first-order valence-corrected chi connectivity index (χ1v) is 7.10. The third-order valence-corrected chi connectivity index (χ3v) is 3.97. The van der Waals surface area contributed by atoms with Gasteiger partial charge in [-0.1, -0.05) is 29.8 Å². The molecule has 0 aliphatic carbocycles. The molecule has 0 bridgehead atoms. The van der Waals surface area contributed by atoms with Crippen LogP contribution in [0.15, 0.2) is 47.4 Å². The topological polar surface area (TPSA) is 17.1 Å². The van der Waals surface area contributed by atoms with Gasteiger partial charge in [-0.3, -0.25) is 4.79 Å². The van der Waals surface area contributed by atoms with E-state index in [1.54, 1.807) is 24.3 Å². The molecule has 19 heavy (non-hydrogen) atoms. The quantitative estimate of drug-likeness (QED) is 0.585. The minimum atomic E-state index is -0.291. The van der Waals surface area contributed by atoms with E-state index < -0.39 is 0 Å². The van der Waals surface area contributed by atoms with Crippen LogP contribution >= 0.6 is 23.4 Å². The molecule has 4 heteroatoms. The first-order valence-electron chi connectivity index (χ1n) is 5.74. The fraction of sp³-hybridized carbons (Fsp3) is 0.133. The maximum Gasteiger partial charge on any atom is 0.159 e. The Morgan fingerprint density at radius 3 is 2.47 bits per heavy atom. The molecular weight excluding hydrogens is 283 g/mol. The fourth-order valence-electron chi connectivity index (χ4n) is 1.59. The third-order valence-electron chi connectivity index (χ3n) is 2.67. The molecule has 0 unspecified atom stereocenters. The summed E-state index contributed by atoms with van der Waals surface area (Å²) in [6.45, 7) is 1.53. The molecule has 0 radical (unpaired) electrons. The predicted octanol–water partition coefficient (Wildman–Crippen LogP) is 4.97. The smallest absolute Gasteiger partial charge is 0.159 e. The Morgan fingerprint density at radius 2 is 1.89 bits per heavy atom. The molecule has 0 aliphatic rings. The van der Waals surface area contributed by atoms with E-state index in [4.69, 9.17) is 11.6 Å². The van der Waals surface area contributed by atoms with Crippen LogP contribution in [0, 0.1) is 5.82 Å². The van der Waals surface area contributed by atoms with Gasteiger partial charge < -0.3 is 0 Å². The number of hydrogen-bond acceptors (Lipinski definition) is 2. The second-order valence-corrected chi connectivity index (χ2v) is 5.59. The average Bonchev–Trinajstić information content (AvgIpc) is 2.38. The van der Waals surface area contributed by atoms with Crippen molar-refractivity contribution in [2.24, 2.45) is 0 Å². The fourth-order valence-corrected chi connectivity index (χ4v) is 2.63. The second kappa shape index (κ2) is 6.22. The summed E-state index contributed by atoms with van der Waals surface area (Å²) >= 11 is 7.22. The van der Waals surface area contributed by atoms with Crippen molar-refractivity contribution >= 4 is 29.1 Å². The average molecular weight is 295 g/mol. The summed E-state index contributed by atoms with van der Waals surface area (Å²) in [6, 6.07) is 12.0. The van der Waals surface area contributed by atoms with E-state index in [1.165, 1.54) is 24.8 Å². The van der Waals surface area contributed by atoms with Crippen LogP contribution in [-0.2, 0) is 5.75 Å². The van der Waals surface area contributed by atoms with Crippen LogP contribution in [0.4, 0.5) is 4.39 Å². The molecule has 0 aromatic heterocycles. The molecule has 2 aromatic rings. The van der Waals surface area contributed by atoms with E-state index in [-0.39, 0.29) is 11.6 Å². The van der Waals surface area contributed by atoms with Crippen molar-refractivity contribution < 1.29 is 9.18 Å². The summed E-state index contributed by atoms with van der Waals surface area (Å²) in [4.78, 5) is 12.1. The zero-order valence-electron chi connectivity index (χ0n) is 10.3. The lowest BCUT2D eigenvalue weighted by molar-refractivity contribution is 0.101. The highest BCUT2D eigenvalue weighted by molar-refractivity contribution is 7.98. The summed E-state index contributed by atoms with van der Waals surface area (Å²) in [5, 5.41) is 0.400. The van der Waals surface area contributed by atoms with E-state index in [0.29, 0.717) is 21.9 Å². The molecule has 0 N–H and O–H groups in total. The lowest BCUT2D eigenvalue weighted by atomic mass is 10.2. The van der Waals surface area contributed by atoms with Gasteiger partial charge in [0.05, 0.1) is 0 Å². The molecule has 0 heterocycles. The SMILES string of the molecule is CC(=O)c1ccc(SCc2ccc(Cl)cc2F)cc1. The minimum absolute atomic E-state index is 0.0419. The summed E-state index contributed by atoms with van der Waals surface area (Å²) in [7, 11) is 0. The summed E-state index contributed by atoms with van der Waals surface area (Å²) in [6.07, 6.45) is 0. The molecule has 0 amide bonds. The van der Waals surface area contributed by atoms with Gasteiger partial charge in [-0.05, 0) is 36.8 Å². The number of carbonyl (C=O) groups excluding carboxylic acids is 1. The molecule has 0 aliphatic heterocycles. The number of halogens is 2. The number of hydrogen-bond donors (Lipinski definition) is 0. The summed E-state index contributed by atoms with van der Waals surface area (Å²) in [5.41, 5.74) is 1.30. The number of rotatable bonds is 4. The monoisotopic (exact) mass is 294 g/mol. The van der Waals surface area contributed by atoms with E-state index in [2.05, 4.69) is 0 Å². The van der Waals surface area contributed by atoms with Crippen LogP contribution in [0.1, 0.15) is 22.8 Å². The predicted molar refractivity (Wildman–Crippen MR) is 77.4 cm³/mol. The Kier molecular flexibility index (Phi) is 4.61. The van der Waals surface area contributed by atoms with Gasteiger partial charge in [0.2, 0.25) is 0 Å². The normalized spacial score (nSPS) is 10.5. The maximum atomic E-state index is 13.6. The van der Waals surface area contributed by atoms with E-state index in [9.17, 15) is 9.18 Å². The first kappa shape index (κ1) is 14.1. The molecule has 0 saturated carbocycles. The van der Waals surface area contributed by atoms with Gasteiger partial charge in [-0.2, -0.15) is 0 Å². The summed E-state index contributed by atoms with van der Waals surface area (Å²) < 4.78 is 13.6. The van der Waals surface area contributed by atoms with E-state index >= 15 is 0 Å². The molecule has 0 atom stereocenters. The molecule has 0 fully saturated rings. The zero-order chi connectivity index (χ0) is 13.8. The Bertz CT molecular complexity index is 596. The van der Waals surface area contributed by atoms with Gasteiger partial charge in [0.1, 0.15) is 5.82 Å². The number of thioether (sulfide) groups is 1. The summed E-state index contributed by atoms with van der Waals surface area (Å²) in [5.74, 6) is 0.281. The highest BCUT2D eigenvalue weighted by Gasteiger charge is 2.04. The molecule has 98 valence electrons. The molecule has 2 aromatic carbocycles. The maximum absolute atomic E-state index is 13.6. The van der Waals surface area contributed by atoms with Crippen molar-refractivity contribution in [3.63, 3.8) is 0 Å². The van der Waals surface area contributed by atoms with Gasteiger partial charge >= 0.3 is 0 Å². The van der Waals surface area contributed by atoms with Gasteiger partial charge in [0.25, 0.3) is 0 Å². The second-order valence-electron chi connectivity index (χ2n) is 4.10. The molecule has 0 spiro atoms. The number of Topliss-reactive ketones (excluding diaryl/α,β-unsaturated/α-hetero) is 1. The first-order chi connectivity index (χ1) is 9.06. The lowest BCUT2D eigenvalue weighted by Crippen LogP contribution is -1.91. The molecule has 2 rings (SSSR count). The molecular formula is C15H12ClFOS. The lowest BCUT2D eigenvalue weighted by Gasteiger charge is -2.04. The van der Waals surface area contributed by atoms with Crippen LogP contribution in [-0.4, -0.2) is 5.78 Å². The Hall–Kier alpha value is -1.32. The van der Waals surface area contributed by atoms with Crippen molar-refractivity contribution in [3.05, 3.63) is 64.4 Å². The van der Waals surface area contributed by atoms with Gasteiger partial charge in [-0.25, -0.2) is 4.39 Å². The van der Waals surface area contributed by atoms with Gasteiger partial charge in [-0.15, -0.1) is 11.8 Å². The van der Waals surface area contributed by atoms with E-state index in [0.717, 1.165) is 4.90 Å². The van der Waals surface area contributed by atoms with E-state index in [1.807, 2.05) is 12.1 Å². The van der Waals surface area contributed by atoms with Crippen molar-refractivity contribution in [1.29, 1.82) is 0 Å². The number of benzene rings is 2.